The molecule has 3 rings (SSSR count). The number of ether oxygens (including phenoxy) is 5. The molecule has 7 heteroatoms. The monoisotopic (exact) mass is 273 g/mol. The lowest BCUT2D eigenvalue weighted by Gasteiger charge is -2.38. The van der Waals surface area contributed by atoms with E-state index in [0.29, 0.717) is 0 Å². The second kappa shape index (κ2) is 3.67. The third kappa shape index (κ3) is 1.88. The quantitative estimate of drug-likeness (QED) is 0.614. The number of aliphatic carboxylic acids is 1. The van der Waals surface area contributed by atoms with Gasteiger partial charge in [-0.25, -0.2) is 0 Å². The van der Waals surface area contributed by atoms with Crippen LogP contribution in [-0.2, 0) is 28.5 Å². The zero-order valence-electron chi connectivity index (χ0n) is 11.3. The van der Waals surface area contributed by atoms with Gasteiger partial charge in [0.15, 0.2) is 11.6 Å². The van der Waals surface area contributed by atoms with Crippen LogP contribution in [0.5, 0.6) is 0 Å². The third-order valence-electron chi connectivity index (χ3n) is 3.47. The van der Waals surface area contributed by atoms with Crippen molar-refractivity contribution in [1.82, 2.24) is 0 Å². The van der Waals surface area contributed by atoms with Crippen LogP contribution >= 0.6 is 0 Å². The summed E-state index contributed by atoms with van der Waals surface area (Å²) in [4.78, 5) is 11.5. The highest BCUT2D eigenvalue weighted by Gasteiger charge is 2.68. The minimum absolute atomic E-state index is 0.219. The first-order chi connectivity index (χ1) is 8.65. The van der Waals surface area contributed by atoms with Gasteiger partial charge < -0.3 is 33.6 Å². The molecular weight excluding hydrogens is 256 g/mol. The van der Waals surface area contributed by atoms with Crippen LogP contribution in [0.1, 0.15) is 27.7 Å². The van der Waals surface area contributed by atoms with E-state index in [9.17, 15) is 9.90 Å². The predicted molar refractivity (Wildman–Crippen MR) is 57.6 cm³/mol. The van der Waals surface area contributed by atoms with Crippen LogP contribution < -0.4 is 5.11 Å². The van der Waals surface area contributed by atoms with Crippen molar-refractivity contribution in [3.63, 3.8) is 0 Å². The van der Waals surface area contributed by atoms with Gasteiger partial charge in [0.1, 0.15) is 24.3 Å². The van der Waals surface area contributed by atoms with Crippen molar-refractivity contribution >= 4 is 5.97 Å². The van der Waals surface area contributed by atoms with E-state index in [4.69, 9.17) is 23.7 Å². The molecule has 108 valence electrons. The van der Waals surface area contributed by atoms with Crippen LogP contribution in [0.15, 0.2) is 0 Å². The molecule has 3 heterocycles. The van der Waals surface area contributed by atoms with E-state index < -0.39 is 41.6 Å². The number of fused-ring (bicyclic) bond motifs is 3. The lowest BCUT2D eigenvalue weighted by atomic mass is 10.0. The van der Waals surface area contributed by atoms with Crippen molar-refractivity contribution in [2.45, 2.75) is 63.4 Å². The van der Waals surface area contributed by atoms with Crippen LogP contribution in [0.4, 0.5) is 0 Å². The maximum Gasteiger partial charge on any atom is 0.242 e. The Hall–Kier alpha value is -0.730. The Kier molecular flexibility index (Phi) is 2.57. The molecule has 4 atom stereocenters. The molecular formula is C12H17O7-. The third-order valence-corrected chi connectivity index (χ3v) is 3.47. The second-order valence-electron chi connectivity index (χ2n) is 5.94. The summed E-state index contributed by atoms with van der Waals surface area (Å²) >= 11 is 0. The summed E-state index contributed by atoms with van der Waals surface area (Å²) in [7, 11) is 0. The molecule has 0 saturated carbocycles. The average Bonchev–Trinajstić information content (AvgIpc) is 2.67. The molecule has 4 unspecified atom stereocenters. The van der Waals surface area contributed by atoms with Crippen LogP contribution in [-0.4, -0.2) is 48.2 Å². The van der Waals surface area contributed by atoms with E-state index in [0.717, 1.165) is 0 Å². The van der Waals surface area contributed by atoms with Gasteiger partial charge in [-0.05, 0) is 27.7 Å². The fraction of sp³-hybridized carbons (Fsp3) is 0.917. The Balaban J connectivity index is 1.94. The molecule has 3 fully saturated rings. The first kappa shape index (κ1) is 13.3. The summed E-state index contributed by atoms with van der Waals surface area (Å²) in [5.41, 5.74) is 0. The van der Waals surface area contributed by atoms with E-state index in [-0.39, 0.29) is 6.61 Å². The molecule has 0 spiro atoms. The van der Waals surface area contributed by atoms with Gasteiger partial charge in [-0.2, -0.15) is 0 Å². The number of carbonyl (C=O) groups is 1. The summed E-state index contributed by atoms with van der Waals surface area (Å²) < 4.78 is 27.8. The Morgan fingerprint density at radius 2 is 1.79 bits per heavy atom. The Morgan fingerprint density at radius 1 is 1.11 bits per heavy atom. The zero-order valence-corrected chi connectivity index (χ0v) is 11.3. The van der Waals surface area contributed by atoms with Gasteiger partial charge in [-0.3, -0.25) is 0 Å². The molecule has 0 aliphatic carbocycles. The van der Waals surface area contributed by atoms with Crippen molar-refractivity contribution in [2.24, 2.45) is 0 Å². The largest absolute Gasteiger partial charge is 0.544 e. The van der Waals surface area contributed by atoms with E-state index in [1.54, 1.807) is 27.7 Å². The second-order valence-corrected chi connectivity index (χ2v) is 5.94. The zero-order chi connectivity index (χ0) is 14.1. The van der Waals surface area contributed by atoms with Gasteiger partial charge >= 0.3 is 0 Å². The van der Waals surface area contributed by atoms with Crippen LogP contribution in [0, 0.1) is 0 Å². The summed E-state index contributed by atoms with van der Waals surface area (Å²) in [5, 5.41) is 11.5. The van der Waals surface area contributed by atoms with Gasteiger partial charge in [0, 0.05) is 0 Å². The molecule has 0 aromatic rings. The van der Waals surface area contributed by atoms with Crippen molar-refractivity contribution in [2.75, 3.05) is 6.61 Å². The first-order valence-corrected chi connectivity index (χ1v) is 6.24. The summed E-state index contributed by atoms with van der Waals surface area (Å²) in [6, 6.07) is 0. The number of hydrogen-bond acceptors (Lipinski definition) is 7. The van der Waals surface area contributed by atoms with E-state index in [1.165, 1.54) is 0 Å². The molecule has 7 nitrogen and oxygen atoms in total. The fourth-order valence-corrected chi connectivity index (χ4v) is 2.81. The molecule has 0 amide bonds. The number of carbonyl (C=O) groups excluding carboxylic acids is 1. The highest BCUT2D eigenvalue weighted by molar-refractivity contribution is 5.75. The predicted octanol–water partition coefficient (Wildman–Crippen LogP) is -0.866. The van der Waals surface area contributed by atoms with Gasteiger partial charge in [0.25, 0.3) is 0 Å². The van der Waals surface area contributed by atoms with Crippen molar-refractivity contribution in [3.8, 4) is 0 Å². The molecule has 0 N–H and O–H groups in total. The Bertz CT molecular complexity index is 418. The normalized spacial score (nSPS) is 46.6. The SMILES string of the molecule is CC1(C)OCC2OC3(C(=O)[O-])OC(C)(C)OC3C2O1. The molecule has 0 bridgehead atoms. The number of carboxylic acid groups (broad SMARTS) is 1. The summed E-state index contributed by atoms with van der Waals surface area (Å²) in [6.45, 7) is 6.97. The van der Waals surface area contributed by atoms with Gasteiger partial charge in [0.2, 0.25) is 5.79 Å². The maximum absolute atomic E-state index is 11.5. The molecule has 3 aliphatic rings. The van der Waals surface area contributed by atoms with Crippen LogP contribution in [0.2, 0.25) is 0 Å². The van der Waals surface area contributed by atoms with Gasteiger partial charge in [-0.1, -0.05) is 0 Å². The lowest BCUT2D eigenvalue weighted by molar-refractivity contribution is -0.364. The minimum Gasteiger partial charge on any atom is -0.544 e. The molecule has 3 saturated heterocycles. The fourth-order valence-electron chi connectivity index (χ4n) is 2.81. The average molecular weight is 273 g/mol. The first-order valence-electron chi connectivity index (χ1n) is 6.24. The van der Waals surface area contributed by atoms with E-state index in [2.05, 4.69) is 0 Å². The summed E-state index contributed by atoms with van der Waals surface area (Å²) in [6.07, 6.45) is -1.99. The van der Waals surface area contributed by atoms with Crippen molar-refractivity contribution in [1.29, 1.82) is 0 Å². The number of hydrogen-bond donors (Lipinski definition) is 0. The van der Waals surface area contributed by atoms with Crippen molar-refractivity contribution < 1.29 is 33.6 Å². The number of carboxylic acids is 1. The van der Waals surface area contributed by atoms with Gasteiger partial charge in [0.05, 0.1) is 6.61 Å². The maximum atomic E-state index is 11.5. The van der Waals surface area contributed by atoms with E-state index >= 15 is 0 Å². The highest BCUT2D eigenvalue weighted by Crippen LogP contribution is 2.48. The minimum atomic E-state index is -1.93. The highest BCUT2D eigenvalue weighted by atomic mass is 16.9. The molecule has 19 heavy (non-hydrogen) atoms. The standard InChI is InChI=1S/C12H18O7/c1-10(2)15-5-6-7(17-10)8-12(16-6,9(13)14)19-11(3,4)18-8/h6-8H,5H2,1-4H3,(H,13,14)/p-1. The van der Waals surface area contributed by atoms with Crippen LogP contribution in [0.25, 0.3) is 0 Å². The molecule has 0 radical (unpaired) electrons. The molecule has 0 aromatic heterocycles. The molecule has 3 aliphatic heterocycles. The summed E-state index contributed by atoms with van der Waals surface area (Å²) in [5.74, 6) is -5.27. The lowest BCUT2D eigenvalue weighted by Crippen LogP contribution is -2.56. The smallest absolute Gasteiger partial charge is 0.242 e. The van der Waals surface area contributed by atoms with Crippen LogP contribution in [0.3, 0.4) is 0 Å². The topological polar surface area (TPSA) is 86.3 Å². The number of rotatable bonds is 1. The van der Waals surface area contributed by atoms with Crippen molar-refractivity contribution in [3.05, 3.63) is 0 Å². The molecule has 0 aromatic carbocycles. The Morgan fingerprint density at radius 3 is 2.42 bits per heavy atom. The van der Waals surface area contributed by atoms with Gasteiger partial charge in [-0.15, -0.1) is 0 Å². The van der Waals surface area contributed by atoms with E-state index in [1.807, 2.05) is 0 Å². The Labute approximate surface area is 110 Å².